The van der Waals surface area contributed by atoms with Crippen molar-refractivity contribution >= 4 is 11.4 Å². The Balaban J connectivity index is 2.05. The van der Waals surface area contributed by atoms with Crippen molar-refractivity contribution in [3.05, 3.63) is 23.8 Å². The number of benzene rings is 1. The molecule has 0 radical (unpaired) electrons. The fourth-order valence-corrected chi connectivity index (χ4v) is 2.61. The molecule has 5 heteroatoms. The van der Waals surface area contributed by atoms with Crippen LogP contribution in [0.25, 0.3) is 0 Å². The van der Waals surface area contributed by atoms with Crippen molar-refractivity contribution < 1.29 is 13.2 Å². The molecule has 1 aromatic rings. The summed E-state index contributed by atoms with van der Waals surface area (Å²) in [4.78, 5) is 0. The van der Waals surface area contributed by atoms with Crippen LogP contribution in [0.1, 0.15) is 38.2 Å². The van der Waals surface area contributed by atoms with Crippen LogP contribution in [0.3, 0.4) is 0 Å². The average Bonchev–Trinajstić information content (AvgIpc) is 2.74. The van der Waals surface area contributed by atoms with Crippen LogP contribution < -0.4 is 11.1 Å². The van der Waals surface area contributed by atoms with Gasteiger partial charge in [-0.3, -0.25) is 0 Å². The van der Waals surface area contributed by atoms with Crippen LogP contribution in [0, 0.1) is 5.41 Å². The van der Waals surface area contributed by atoms with Crippen molar-refractivity contribution in [2.24, 2.45) is 5.41 Å². The molecule has 1 aromatic carbocycles. The summed E-state index contributed by atoms with van der Waals surface area (Å²) in [5.41, 5.74) is 5.94. The summed E-state index contributed by atoms with van der Waals surface area (Å²) < 4.78 is 37.5. The molecule has 0 aromatic heterocycles. The van der Waals surface area contributed by atoms with E-state index in [1.807, 2.05) is 0 Å². The van der Waals surface area contributed by atoms with Gasteiger partial charge in [-0.15, -0.1) is 0 Å². The normalized spacial score (nSPS) is 18.5. The Hall–Kier alpha value is -1.39. The van der Waals surface area contributed by atoms with Crippen LogP contribution in [0.5, 0.6) is 0 Å². The lowest BCUT2D eigenvalue weighted by molar-refractivity contribution is -0.137. The van der Waals surface area contributed by atoms with Crippen molar-refractivity contribution in [3.8, 4) is 0 Å². The molecule has 0 spiro atoms. The van der Waals surface area contributed by atoms with Gasteiger partial charge in [-0.2, -0.15) is 13.2 Å². The third kappa shape index (κ3) is 3.33. The molecule has 2 rings (SSSR count). The molecule has 0 aliphatic heterocycles. The molecule has 0 amide bonds. The second-order valence-electron chi connectivity index (χ2n) is 5.67. The van der Waals surface area contributed by atoms with Gasteiger partial charge in [-0.1, -0.05) is 19.8 Å². The van der Waals surface area contributed by atoms with Gasteiger partial charge in [0.05, 0.1) is 16.9 Å². The van der Waals surface area contributed by atoms with E-state index in [0.717, 1.165) is 31.5 Å². The van der Waals surface area contributed by atoms with E-state index in [2.05, 4.69) is 12.2 Å². The van der Waals surface area contributed by atoms with E-state index in [1.165, 1.54) is 18.9 Å². The van der Waals surface area contributed by atoms with Gasteiger partial charge >= 0.3 is 6.18 Å². The molecule has 1 saturated carbocycles. The maximum atomic E-state index is 12.5. The first-order chi connectivity index (χ1) is 8.80. The number of hydrogen-bond acceptors (Lipinski definition) is 2. The van der Waals surface area contributed by atoms with Crippen LogP contribution in [0.4, 0.5) is 24.5 Å². The maximum absolute atomic E-state index is 12.5. The summed E-state index contributed by atoms with van der Waals surface area (Å²) in [5, 5.41) is 3.18. The van der Waals surface area contributed by atoms with Gasteiger partial charge in [0.2, 0.25) is 0 Å². The third-order valence-corrected chi connectivity index (χ3v) is 3.90. The van der Waals surface area contributed by atoms with E-state index in [9.17, 15) is 13.2 Å². The lowest BCUT2D eigenvalue weighted by Crippen LogP contribution is -2.23. The lowest BCUT2D eigenvalue weighted by Gasteiger charge is -2.25. The highest BCUT2D eigenvalue weighted by molar-refractivity contribution is 5.67. The summed E-state index contributed by atoms with van der Waals surface area (Å²) in [6.07, 6.45) is 0.409. The van der Waals surface area contributed by atoms with E-state index in [-0.39, 0.29) is 11.1 Å². The molecule has 1 aliphatic carbocycles. The van der Waals surface area contributed by atoms with Crippen molar-refractivity contribution in [3.63, 3.8) is 0 Å². The third-order valence-electron chi connectivity index (χ3n) is 3.90. The van der Waals surface area contributed by atoms with E-state index in [1.54, 1.807) is 0 Å². The summed E-state index contributed by atoms with van der Waals surface area (Å²) in [5.74, 6) is 0. The van der Waals surface area contributed by atoms with Crippen molar-refractivity contribution in [2.45, 2.75) is 38.8 Å². The Morgan fingerprint density at radius 1 is 1.26 bits per heavy atom. The number of nitrogen functional groups attached to an aromatic ring is 1. The molecular formula is C14H19F3N2. The summed E-state index contributed by atoms with van der Waals surface area (Å²) >= 11 is 0. The monoisotopic (exact) mass is 272 g/mol. The number of halogens is 3. The predicted molar refractivity (Wildman–Crippen MR) is 70.9 cm³/mol. The highest BCUT2D eigenvalue weighted by Crippen LogP contribution is 2.38. The van der Waals surface area contributed by atoms with E-state index in [4.69, 9.17) is 5.73 Å². The first-order valence-corrected chi connectivity index (χ1v) is 6.51. The number of hydrogen-bond donors (Lipinski definition) is 2. The maximum Gasteiger partial charge on any atom is 0.416 e. The van der Waals surface area contributed by atoms with Gasteiger partial charge in [0.15, 0.2) is 0 Å². The Kier molecular flexibility index (Phi) is 3.65. The first kappa shape index (κ1) is 14.0. The molecule has 1 fully saturated rings. The Labute approximate surface area is 111 Å². The van der Waals surface area contributed by atoms with Crippen LogP contribution in [0.2, 0.25) is 0 Å². The summed E-state index contributed by atoms with van der Waals surface area (Å²) in [7, 11) is 0. The van der Waals surface area contributed by atoms with Gasteiger partial charge in [-0.05, 0) is 36.5 Å². The van der Waals surface area contributed by atoms with Crippen LogP contribution in [0.15, 0.2) is 18.2 Å². The molecule has 1 aliphatic rings. The predicted octanol–water partition coefficient (Wildman–Crippen LogP) is 4.28. The first-order valence-electron chi connectivity index (χ1n) is 6.51. The molecule has 3 N–H and O–H groups in total. The molecule has 0 bridgehead atoms. The molecule has 0 atom stereocenters. The zero-order valence-corrected chi connectivity index (χ0v) is 11.0. The SMILES string of the molecule is CC1(CNc2ccc(C(F)(F)F)cc2N)CCCC1. The fourth-order valence-electron chi connectivity index (χ4n) is 2.61. The number of rotatable bonds is 3. The highest BCUT2D eigenvalue weighted by Gasteiger charge is 2.31. The molecule has 0 unspecified atom stereocenters. The Morgan fingerprint density at radius 2 is 1.89 bits per heavy atom. The second kappa shape index (κ2) is 4.94. The van der Waals surface area contributed by atoms with Crippen molar-refractivity contribution in [2.75, 3.05) is 17.6 Å². The Morgan fingerprint density at radius 3 is 2.42 bits per heavy atom. The zero-order valence-electron chi connectivity index (χ0n) is 11.0. The van der Waals surface area contributed by atoms with Gasteiger partial charge in [0.1, 0.15) is 0 Å². The van der Waals surface area contributed by atoms with Gasteiger partial charge in [-0.25, -0.2) is 0 Å². The minimum atomic E-state index is -4.34. The highest BCUT2D eigenvalue weighted by atomic mass is 19.4. The van der Waals surface area contributed by atoms with Gasteiger partial charge < -0.3 is 11.1 Å². The summed E-state index contributed by atoms with van der Waals surface area (Å²) in [6.45, 7) is 2.95. The van der Waals surface area contributed by atoms with Gasteiger partial charge in [0, 0.05) is 6.54 Å². The molecule has 0 heterocycles. The standard InChI is InChI=1S/C14H19F3N2/c1-13(6-2-3-7-13)9-19-12-5-4-10(8-11(12)18)14(15,16)17/h4-5,8,19H,2-3,6-7,9,18H2,1H3. The lowest BCUT2D eigenvalue weighted by atomic mass is 9.89. The van der Waals surface area contributed by atoms with Crippen LogP contribution in [-0.4, -0.2) is 6.54 Å². The van der Waals surface area contributed by atoms with Crippen LogP contribution >= 0.6 is 0 Å². The molecule has 0 saturated heterocycles. The van der Waals surface area contributed by atoms with E-state index < -0.39 is 11.7 Å². The van der Waals surface area contributed by atoms with Gasteiger partial charge in [0.25, 0.3) is 0 Å². The number of alkyl halides is 3. The Bertz CT molecular complexity index is 448. The summed E-state index contributed by atoms with van der Waals surface area (Å²) in [6, 6.07) is 3.46. The molecule has 106 valence electrons. The van der Waals surface area contributed by atoms with Crippen molar-refractivity contribution in [1.82, 2.24) is 0 Å². The topological polar surface area (TPSA) is 38.0 Å². The fraction of sp³-hybridized carbons (Fsp3) is 0.571. The van der Waals surface area contributed by atoms with Crippen molar-refractivity contribution in [1.29, 1.82) is 0 Å². The second-order valence-corrected chi connectivity index (χ2v) is 5.67. The van der Waals surface area contributed by atoms with Crippen LogP contribution in [-0.2, 0) is 6.18 Å². The number of nitrogens with one attached hydrogen (secondary N) is 1. The quantitative estimate of drug-likeness (QED) is 0.806. The minimum absolute atomic E-state index is 0.149. The zero-order chi connectivity index (χ0) is 14.1. The number of nitrogens with two attached hydrogens (primary N) is 1. The molecule has 19 heavy (non-hydrogen) atoms. The largest absolute Gasteiger partial charge is 0.416 e. The smallest absolute Gasteiger partial charge is 0.397 e. The number of anilines is 2. The molecular weight excluding hydrogens is 253 g/mol. The molecule has 2 nitrogen and oxygen atoms in total. The average molecular weight is 272 g/mol. The van der Waals surface area contributed by atoms with E-state index >= 15 is 0 Å². The minimum Gasteiger partial charge on any atom is -0.397 e. The van der Waals surface area contributed by atoms with E-state index in [0.29, 0.717) is 5.69 Å².